The number of nitrogens with zero attached hydrogens (tertiary/aromatic N) is 1. The van der Waals surface area contributed by atoms with Crippen molar-refractivity contribution in [3.05, 3.63) is 40.6 Å². The molecule has 0 amide bonds. The number of carbonyl (C=O) groups excluding carboxylic acids is 1. The Kier molecular flexibility index (Phi) is 4.97. The van der Waals surface area contributed by atoms with E-state index in [1.54, 1.807) is 11.8 Å². The number of hydrogen-bond acceptors (Lipinski definition) is 5. The van der Waals surface area contributed by atoms with E-state index < -0.39 is 0 Å². The van der Waals surface area contributed by atoms with Gasteiger partial charge in [0, 0.05) is 27.8 Å². The van der Waals surface area contributed by atoms with Gasteiger partial charge in [-0.1, -0.05) is 28.9 Å². The molecule has 0 spiro atoms. The fourth-order valence-corrected chi connectivity index (χ4v) is 4.03. The minimum absolute atomic E-state index is 0.165. The second kappa shape index (κ2) is 6.97. The van der Waals surface area contributed by atoms with E-state index in [1.807, 2.05) is 24.3 Å². The molecule has 0 fully saturated rings. The normalized spacial score (nSPS) is 20.7. The van der Waals surface area contributed by atoms with Crippen LogP contribution in [-0.4, -0.2) is 24.5 Å². The number of thioether (sulfide) groups is 1. The Morgan fingerprint density at radius 2 is 2.09 bits per heavy atom. The van der Waals surface area contributed by atoms with Crippen molar-refractivity contribution in [2.24, 2.45) is 5.92 Å². The maximum atomic E-state index is 11.9. The number of carbonyl (C=O) groups is 1. The third-order valence-corrected chi connectivity index (χ3v) is 5.56. The Morgan fingerprint density at radius 3 is 2.74 bits per heavy atom. The van der Waals surface area contributed by atoms with Crippen molar-refractivity contribution in [2.75, 3.05) is 13.4 Å². The smallest absolute Gasteiger partial charge is 0.309 e. The molecule has 2 atom stereocenters. The number of halogens is 1. The molecule has 1 aliphatic carbocycles. The number of fused-ring (bicyclic) bond motifs is 1. The molecular formula is C17H18ClNO3S. The molecule has 23 heavy (non-hydrogen) atoms. The van der Waals surface area contributed by atoms with Crippen molar-refractivity contribution in [1.29, 1.82) is 0 Å². The molecule has 3 rings (SSSR count). The number of ether oxygens (including phenoxy) is 1. The summed E-state index contributed by atoms with van der Waals surface area (Å²) in [5.74, 6) is 0.450. The van der Waals surface area contributed by atoms with Gasteiger partial charge in [-0.2, -0.15) is 11.8 Å². The number of esters is 1. The van der Waals surface area contributed by atoms with Crippen LogP contribution in [0.15, 0.2) is 28.8 Å². The maximum Gasteiger partial charge on any atom is 0.309 e. The van der Waals surface area contributed by atoms with Crippen LogP contribution in [0.4, 0.5) is 0 Å². The van der Waals surface area contributed by atoms with Crippen LogP contribution in [0.5, 0.6) is 0 Å². The van der Waals surface area contributed by atoms with Gasteiger partial charge in [0.2, 0.25) is 0 Å². The van der Waals surface area contributed by atoms with E-state index in [4.69, 9.17) is 20.9 Å². The summed E-state index contributed by atoms with van der Waals surface area (Å²) in [6.45, 7) is 0. The van der Waals surface area contributed by atoms with Crippen molar-refractivity contribution < 1.29 is 14.1 Å². The lowest BCUT2D eigenvalue weighted by atomic mass is 10.0. The van der Waals surface area contributed by atoms with E-state index in [-0.39, 0.29) is 17.1 Å². The first-order valence-electron chi connectivity index (χ1n) is 7.49. The van der Waals surface area contributed by atoms with Gasteiger partial charge in [0.15, 0.2) is 0 Å². The third-order valence-electron chi connectivity index (χ3n) is 4.27. The molecule has 1 heterocycles. The van der Waals surface area contributed by atoms with Crippen LogP contribution in [0.25, 0.3) is 11.3 Å². The summed E-state index contributed by atoms with van der Waals surface area (Å²) in [5.41, 5.74) is 2.93. The zero-order valence-corrected chi connectivity index (χ0v) is 14.6. The van der Waals surface area contributed by atoms with Crippen LogP contribution in [0, 0.1) is 5.92 Å². The number of aromatic nitrogens is 1. The second-order valence-electron chi connectivity index (χ2n) is 5.60. The number of methoxy groups -OCH3 is 1. The quantitative estimate of drug-likeness (QED) is 0.601. The van der Waals surface area contributed by atoms with Crippen LogP contribution in [0.1, 0.15) is 29.4 Å². The lowest BCUT2D eigenvalue weighted by molar-refractivity contribution is -0.145. The second-order valence-corrected chi connectivity index (χ2v) is 7.08. The van der Waals surface area contributed by atoms with Gasteiger partial charge in [0.1, 0.15) is 11.5 Å². The van der Waals surface area contributed by atoms with Crippen LogP contribution in [-0.2, 0) is 16.0 Å². The molecule has 0 aliphatic heterocycles. The molecule has 1 aromatic heterocycles. The Hall–Kier alpha value is -1.46. The predicted molar refractivity (Wildman–Crippen MR) is 91.6 cm³/mol. The fourth-order valence-electron chi connectivity index (χ4n) is 3.05. The minimum Gasteiger partial charge on any atom is -0.469 e. The molecule has 4 nitrogen and oxygen atoms in total. The van der Waals surface area contributed by atoms with E-state index in [1.165, 1.54) is 7.11 Å². The highest BCUT2D eigenvalue weighted by Crippen LogP contribution is 2.44. The molecule has 0 radical (unpaired) electrons. The highest BCUT2D eigenvalue weighted by molar-refractivity contribution is 7.98. The first-order valence-corrected chi connectivity index (χ1v) is 9.15. The first kappa shape index (κ1) is 16.4. The average molecular weight is 352 g/mol. The zero-order chi connectivity index (χ0) is 16.4. The highest BCUT2D eigenvalue weighted by atomic mass is 35.5. The largest absolute Gasteiger partial charge is 0.469 e. The van der Waals surface area contributed by atoms with Gasteiger partial charge in [-0.05, 0) is 31.2 Å². The van der Waals surface area contributed by atoms with Crippen LogP contribution in [0.2, 0.25) is 5.02 Å². The summed E-state index contributed by atoms with van der Waals surface area (Å²) < 4.78 is 10.5. The van der Waals surface area contributed by atoms with E-state index in [0.717, 1.165) is 35.4 Å². The molecule has 2 aromatic rings. The zero-order valence-electron chi connectivity index (χ0n) is 13.0. The molecule has 6 heteroatoms. The van der Waals surface area contributed by atoms with Crippen LogP contribution < -0.4 is 0 Å². The van der Waals surface area contributed by atoms with E-state index in [9.17, 15) is 4.79 Å². The van der Waals surface area contributed by atoms with Crippen molar-refractivity contribution >= 4 is 29.3 Å². The first-order chi connectivity index (χ1) is 11.1. The molecule has 1 aliphatic rings. The number of benzene rings is 1. The lowest BCUT2D eigenvalue weighted by Crippen LogP contribution is -2.17. The molecule has 0 saturated heterocycles. The number of hydrogen-bond donors (Lipinski definition) is 0. The summed E-state index contributed by atoms with van der Waals surface area (Å²) in [6.07, 6.45) is 4.31. The Morgan fingerprint density at radius 1 is 1.35 bits per heavy atom. The molecule has 0 saturated carbocycles. The van der Waals surface area contributed by atoms with Crippen LogP contribution in [0.3, 0.4) is 0 Å². The fraction of sp³-hybridized carbons (Fsp3) is 0.412. The van der Waals surface area contributed by atoms with Gasteiger partial charge in [0.05, 0.1) is 13.0 Å². The van der Waals surface area contributed by atoms with Gasteiger partial charge in [-0.15, -0.1) is 0 Å². The SMILES string of the molecule is COC(=O)[C@@H]1CC[C@H](SC)c2c(-c3ccc(Cl)cc3)noc2C1. The van der Waals surface area contributed by atoms with Crippen LogP contribution >= 0.6 is 23.4 Å². The summed E-state index contributed by atoms with van der Waals surface area (Å²) in [4.78, 5) is 11.9. The Bertz CT molecular complexity index is 698. The van der Waals surface area contributed by atoms with Gasteiger partial charge in [-0.3, -0.25) is 4.79 Å². The lowest BCUT2D eigenvalue weighted by Gasteiger charge is -2.13. The van der Waals surface area contributed by atoms with Gasteiger partial charge in [0.25, 0.3) is 0 Å². The molecular weight excluding hydrogens is 334 g/mol. The third kappa shape index (κ3) is 3.26. The Balaban J connectivity index is 2.01. The minimum atomic E-state index is -0.179. The van der Waals surface area contributed by atoms with Gasteiger partial charge < -0.3 is 9.26 Å². The molecule has 0 unspecified atom stereocenters. The summed E-state index contributed by atoms with van der Waals surface area (Å²) in [6, 6.07) is 7.58. The predicted octanol–water partition coefficient (Wildman–Crippen LogP) is 4.52. The van der Waals surface area contributed by atoms with Crippen molar-refractivity contribution in [1.82, 2.24) is 5.16 Å². The average Bonchev–Trinajstić information content (AvgIpc) is 2.89. The highest BCUT2D eigenvalue weighted by Gasteiger charge is 2.33. The maximum absolute atomic E-state index is 11.9. The Labute approximate surface area is 144 Å². The van der Waals surface area contributed by atoms with E-state index in [2.05, 4.69) is 11.4 Å². The molecule has 122 valence electrons. The molecule has 0 bridgehead atoms. The van der Waals surface area contributed by atoms with E-state index in [0.29, 0.717) is 11.4 Å². The summed E-state index contributed by atoms with van der Waals surface area (Å²) in [5, 5.41) is 5.22. The van der Waals surface area contributed by atoms with Crippen molar-refractivity contribution in [3.8, 4) is 11.3 Å². The van der Waals surface area contributed by atoms with Crippen molar-refractivity contribution in [2.45, 2.75) is 24.5 Å². The topological polar surface area (TPSA) is 52.3 Å². The molecule has 0 N–H and O–H groups in total. The molecule has 1 aromatic carbocycles. The van der Waals surface area contributed by atoms with Gasteiger partial charge >= 0.3 is 5.97 Å². The van der Waals surface area contributed by atoms with Crippen molar-refractivity contribution in [3.63, 3.8) is 0 Å². The van der Waals surface area contributed by atoms with Gasteiger partial charge in [-0.25, -0.2) is 0 Å². The number of rotatable bonds is 3. The standard InChI is InChI=1S/C17H18ClNO3S/c1-21-17(20)11-5-8-14(23-2)15-13(9-11)22-19-16(15)10-3-6-12(18)7-4-10/h3-4,6-7,11,14H,5,8-9H2,1-2H3/t11-,14+/m1/s1. The summed E-state index contributed by atoms with van der Waals surface area (Å²) >= 11 is 7.73. The monoisotopic (exact) mass is 351 g/mol. The van der Waals surface area contributed by atoms with E-state index >= 15 is 0 Å². The summed E-state index contributed by atoms with van der Waals surface area (Å²) in [7, 11) is 1.43.